The molecule has 6 atom stereocenters. The number of hydrogen-bond acceptors (Lipinski definition) is 11. The van der Waals surface area contributed by atoms with Gasteiger partial charge in [-0.2, -0.15) is 0 Å². The number of nitrogens with one attached hydrogen (secondary N) is 1. The van der Waals surface area contributed by atoms with Gasteiger partial charge in [-0.3, -0.25) is 24.0 Å². The van der Waals surface area contributed by atoms with E-state index in [-0.39, 0.29) is 0 Å². The summed E-state index contributed by atoms with van der Waals surface area (Å²) in [6, 6.07) is -1.41. The van der Waals surface area contributed by atoms with Crippen molar-refractivity contribution in [2.75, 3.05) is 13.2 Å². The molecule has 1 amide bonds. The first-order chi connectivity index (χ1) is 15.2. The smallest absolute Gasteiger partial charge is 0.303 e. The molecule has 13 heteroatoms. The lowest BCUT2D eigenvalue weighted by Gasteiger charge is -2.49. The van der Waals surface area contributed by atoms with Crippen molar-refractivity contribution in [2.45, 2.75) is 83.8 Å². The number of halogens is 1. The van der Waals surface area contributed by atoms with Gasteiger partial charge in [-0.05, 0) is 13.8 Å². The second kappa shape index (κ2) is 11.9. The van der Waals surface area contributed by atoms with Gasteiger partial charge in [0.2, 0.25) is 5.91 Å². The van der Waals surface area contributed by atoms with Crippen molar-refractivity contribution < 1.29 is 52.0 Å². The molecule has 4 unspecified atom stereocenters. The molecule has 0 aromatic carbocycles. The van der Waals surface area contributed by atoms with Crippen LogP contribution in [-0.2, 0) is 47.7 Å². The Labute approximate surface area is 190 Å². The Balaban J connectivity index is 3.58. The zero-order valence-corrected chi connectivity index (χ0v) is 19.4. The van der Waals surface area contributed by atoms with Crippen molar-refractivity contribution in [3.05, 3.63) is 0 Å². The average Bonchev–Trinajstić information content (AvgIpc) is 2.68. The summed E-state index contributed by atoms with van der Waals surface area (Å²) >= 11 is 0. The van der Waals surface area contributed by atoms with Gasteiger partial charge in [-0.25, -0.2) is 4.39 Å². The third-order valence-corrected chi connectivity index (χ3v) is 4.68. The average molecular weight is 478 g/mol. The number of alkyl halides is 1. The van der Waals surface area contributed by atoms with Crippen LogP contribution < -0.4 is 11.1 Å². The lowest BCUT2D eigenvalue weighted by Crippen LogP contribution is -2.71. The molecule has 188 valence electrons. The highest BCUT2D eigenvalue weighted by atomic mass is 19.1. The maximum absolute atomic E-state index is 15.3. The van der Waals surface area contributed by atoms with Crippen molar-refractivity contribution in [3.63, 3.8) is 0 Å². The highest BCUT2D eigenvalue weighted by Gasteiger charge is 2.57. The second-order valence-electron chi connectivity index (χ2n) is 7.98. The summed E-state index contributed by atoms with van der Waals surface area (Å²) in [5.41, 5.74) is 3.76. The number of hydrogen-bond donors (Lipinski definition) is 2. The highest BCUT2D eigenvalue weighted by molar-refractivity contribution is 5.78. The van der Waals surface area contributed by atoms with Gasteiger partial charge in [0.25, 0.3) is 0 Å². The molecule has 12 nitrogen and oxygen atoms in total. The molecular formula is C20H31FN2O10. The van der Waals surface area contributed by atoms with Crippen LogP contribution in [-0.4, -0.2) is 85.2 Å². The molecule has 0 aromatic rings. The van der Waals surface area contributed by atoms with Crippen LogP contribution >= 0.6 is 0 Å². The molecule has 33 heavy (non-hydrogen) atoms. The van der Waals surface area contributed by atoms with Crippen molar-refractivity contribution in [1.82, 2.24) is 5.32 Å². The Morgan fingerprint density at radius 3 is 2.03 bits per heavy atom. The van der Waals surface area contributed by atoms with E-state index in [9.17, 15) is 24.0 Å². The molecular weight excluding hydrogens is 447 g/mol. The Hall–Kier alpha value is -2.80. The molecule has 1 rings (SSSR count). The number of amides is 1. The van der Waals surface area contributed by atoms with Gasteiger partial charge in [0.1, 0.15) is 12.7 Å². The summed E-state index contributed by atoms with van der Waals surface area (Å²) in [6.07, 6.45) is -7.80. The molecule has 1 fully saturated rings. The van der Waals surface area contributed by atoms with E-state index in [0.717, 1.165) is 27.7 Å². The fourth-order valence-corrected chi connectivity index (χ4v) is 3.41. The Bertz CT molecular complexity index is 759. The fraction of sp³-hybridized carbons (Fsp3) is 0.750. The molecule has 1 aliphatic rings. The van der Waals surface area contributed by atoms with E-state index >= 15 is 4.39 Å². The van der Waals surface area contributed by atoms with Crippen molar-refractivity contribution in [3.8, 4) is 0 Å². The minimum Gasteiger partial charge on any atom is -0.462 e. The van der Waals surface area contributed by atoms with Crippen LogP contribution in [0.4, 0.5) is 4.39 Å². The minimum absolute atomic E-state index is 0.491. The van der Waals surface area contributed by atoms with Crippen LogP contribution in [0.5, 0.6) is 0 Å². The van der Waals surface area contributed by atoms with Gasteiger partial charge in [-0.1, -0.05) is 0 Å². The van der Waals surface area contributed by atoms with Crippen LogP contribution in [0.2, 0.25) is 0 Å². The molecule has 0 spiro atoms. The van der Waals surface area contributed by atoms with Gasteiger partial charge < -0.3 is 34.7 Å². The maximum atomic E-state index is 15.3. The molecule has 0 saturated carbocycles. The van der Waals surface area contributed by atoms with Crippen molar-refractivity contribution >= 4 is 29.8 Å². The highest BCUT2D eigenvalue weighted by Crippen LogP contribution is 2.36. The topological polar surface area (TPSA) is 170 Å². The van der Waals surface area contributed by atoms with Gasteiger partial charge >= 0.3 is 23.9 Å². The maximum Gasteiger partial charge on any atom is 0.303 e. The number of carbonyl (C=O) groups is 5. The largest absolute Gasteiger partial charge is 0.462 e. The summed E-state index contributed by atoms with van der Waals surface area (Å²) in [5, 5.41) is 2.42. The van der Waals surface area contributed by atoms with E-state index in [1.165, 1.54) is 13.8 Å². The second-order valence-corrected chi connectivity index (χ2v) is 7.98. The van der Waals surface area contributed by atoms with Crippen LogP contribution in [0.3, 0.4) is 0 Å². The lowest BCUT2D eigenvalue weighted by molar-refractivity contribution is -0.251. The Kier molecular flexibility index (Phi) is 10.2. The third kappa shape index (κ3) is 8.24. The summed E-state index contributed by atoms with van der Waals surface area (Å²) in [4.78, 5) is 58.8. The third-order valence-electron chi connectivity index (χ3n) is 4.68. The zero-order valence-electron chi connectivity index (χ0n) is 19.4. The monoisotopic (exact) mass is 478 g/mol. The van der Waals surface area contributed by atoms with Crippen LogP contribution in [0.15, 0.2) is 0 Å². The molecule has 0 bridgehead atoms. The van der Waals surface area contributed by atoms with E-state index in [2.05, 4.69) is 5.32 Å². The van der Waals surface area contributed by atoms with Gasteiger partial charge in [0.15, 0.2) is 24.5 Å². The van der Waals surface area contributed by atoms with Crippen molar-refractivity contribution in [2.24, 2.45) is 5.73 Å². The number of ether oxygens (including phenoxy) is 5. The first-order valence-corrected chi connectivity index (χ1v) is 10.2. The van der Waals surface area contributed by atoms with E-state index in [4.69, 9.17) is 29.4 Å². The molecule has 1 saturated heterocycles. The van der Waals surface area contributed by atoms with Crippen LogP contribution in [0.25, 0.3) is 0 Å². The summed E-state index contributed by atoms with van der Waals surface area (Å²) in [5.74, 6) is -3.94. The SMILES string of the molecule is CC(=O)OC[C@@H](OC(C)=O)[C@@H](OC(C)=O)C1OC(C)(C)C(F)C(OC(C)=O)C1NC(=O)CN. The van der Waals surface area contributed by atoms with Gasteiger partial charge in [0.05, 0.1) is 18.2 Å². The zero-order chi connectivity index (χ0) is 25.5. The molecule has 0 radical (unpaired) electrons. The number of rotatable bonds is 9. The molecule has 1 heterocycles. The fourth-order valence-electron chi connectivity index (χ4n) is 3.41. The predicted molar refractivity (Wildman–Crippen MR) is 108 cm³/mol. The molecule has 3 N–H and O–H groups in total. The summed E-state index contributed by atoms with van der Waals surface area (Å²) < 4.78 is 41.8. The van der Waals surface area contributed by atoms with Gasteiger partial charge in [0, 0.05) is 27.7 Å². The number of carbonyl (C=O) groups excluding carboxylic acids is 5. The normalized spacial score (nSPS) is 25.7. The summed E-state index contributed by atoms with van der Waals surface area (Å²) in [7, 11) is 0. The van der Waals surface area contributed by atoms with Crippen LogP contribution in [0.1, 0.15) is 41.5 Å². The summed E-state index contributed by atoms with van der Waals surface area (Å²) in [6.45, 7) is 5.99. The Morgan fingerprint density at radius 1 is 1.00 bits per heavy atom. The number of nitrogens with two attached hydrogens (primary N) is 1. The number of esters is 4. The van der Waals surface area contributed by atoms with E-state index in [0.29, 0.717) is 0 Å². The molecule has 0 aliphatic carbocycles. The van der Waals surface area contributed by atoms with E-state index in [1.54, 1.807) is 0 Å². The predicted octanol–water partition coefficient (Wildman–Crippen LogP) is -0.696. The standard InChI is InChI=1S/C20H31FN2O10/c1-9(24)29-8-13(30-10(2)25)16(31-11(3)26)17-15(23-14(28)7-22)18(32-12(4)27)19(21)20(5,6)33-17/h13,15-19H,7-8,22H2,1-6H3,(H,23,28)/t13-,15?,16-,17?,18?,19?/m1/s1. The quantitative estimate of drug-likeness (QED) is 0.317. The minimum atomic E-state index is -1.92. The first-order valence-electron chi connectivity index (χ1n) is 10.2. The van der Waals surface area contributed by atoms with Crippen LogP contribution in [0, 0.1) is 0 Å². The molecule has 0 aromatic heterocycles. The van der Waals surface area contributed by atoms with E-state index in [1.807, 2.05) is 0 Å². The lowest BCUT2D eigenvalue weighted by atomic mass is 9.83. The first kappa shape index (κ1) is 28.2. The Morgan fingerprint density at radius 2 is 1.58 bits per heavy atom. The van der Waals surface area contributed by atoms with E-state index < -0.39 is 85.2 Å². The van der Waals surface area contributed by atoms with Crippen molar-refractivity contribution in [1.29, 1.82) is 0 Å². The molecule has 1 aliphatic heterocycles. The van der Waals surface area contributed by atoms with Gasteiger partial charge in [-0.15, -0.1) is 0 Å².